The van der Waals surface area contributed by atoms with Gasteiger partial charge in [0.2, 0.25) is 5.91 Å². The molecule has 0 bridgehead atoms. The van der Waals surface area contributed by atoms with Crippen LogP contribution in [-0.2, 0) is 11.3 Å². The Hall–Kier alpha value is -2.33. The van der Waals surface area contributed by atoms with Gasteiger partial charge in [0.1, 0.15) is 11.9 Å². The third-order valence-corrected chi connectivity index (χ3v) is 3.94. The number of hydrogen-bond acceptors (Lipinski definition) is 3. The van der Waals surface area contributed by atoms with Crippen LogP contribution in [0.1, 0.15) is 30.6 Å². The molecule has 2 aromatic rings. The second kappa shape index (κ2) is 6.20. The average molecular weight is 296 g/mol. The number of benzene rings is 2. The lowest BCUT2D eigenvalue weighted by Gasteiger charge is -2.35. The minimum absolute atomic E-state index is 0.103. The lowest BCUT2D eigenvalue weighted by molar-refractivity contribution is -0.118. The van der Waals surface area contributed by atoms with Crippen molar-refractivity contribution >= 4 is 11.6 Å². The molecule has 1 heterocycles. The van der Waals surface area contributed by atoms with Gasteiger partial charge in [-0.05, 0) is 23.3 Å². The van der Waals surface area contributed by atoms with Crippen LogP contribution in [0.15, 0.2) is 48.5 Å². The van der Waals surface area contributed by atoms with E-state index in [2.05, 4.69) is 0 Å². The van der Waals surface area contributed by atoms with Gasteiger partial charge in [-0.25, -0.2) is 0 Å². The molecule has 0 fully saturated rings. The van der Waals surface area contributed by atoms with Crippen molar-refractivity contribution in [1.82, 2.24) is 0 Å². The number of rotatable bonds is 3. The molecule has 0 spiro atoms. The zero-order chi connectivity index (χ0) is 15.5. The van der Waals surface area contributed by atoms with E-state index in [-0.39, 0.29) is 12.0 Å². The van der Waals surface area contributed by atoms with Crippen molar-refractivity contribution in [3.05, 3.63) is 59.7 Å². The topological polar surface area (TPSA) is 55.6 Å². The number of carbonyl (C=O) groups is 1. The van der Waals surface area contributed by atoms with Gasteiger partial charge in [-0.2, -0.15) is 0 Å². The summed E-state index contributed by atoms with van der Waals surface area (Å²) < 4.78 is 6.14. The number of amides is 1. The summed E-state index contributed by atoms with van der Waals surface area (Å²) in [6.07, 6.45) is 0.316. The molecule has 22 heavy (non-hydrogen) atoms. The Kier molecular flexibility index (Phi) is 4.11. The summed E-state index contributed by atoms with van der Waals surface area (Å²) in [6.45, 7) is 2.86. The first-order valence-electron chi connectivity index (χ1n) is 7.58. The van der Waals surface area contributed by atoms with Gasteiger partial charge in [0.05, 0.1) is 12.2 Å². The van der Waals surface area contributed by atoms with Gasteiger partial charge in [-0.1, -0.05) is 43.3 Å². The fraction of sp³-hybridized carbons (Fsp3) is 0.278. The molecule has 1 atom stereocenters. The lowest BCUT2D eigenvalue weighted by Crippen LogP contribution is -2.39. The summed E-state index contributed by atoms with van der Waals surface area (Å²) in [4.78, 5) is 14.1. The Bertz CT molecular complexity index is 670. The highest BCUT2D eigenvalue weighted by molar-refractivity contribution is 5.95. The first-order valence-corrected chi connectivity index (χ1v) is 7.58. The fourth-order valence-corrected chi connectivity index (χ4v) is 2.73. The number of ether oxygens (including phenoxy) is 1. The van der Waals surface area contributed by atoms with Crippen molar-refractivity contribution in [2.75, 3.05) is 11.4 Å². The van der Waals surface area contributed by atoms with Gasteiger partial charge in [0.25, 0.3) is 0 Å². The molecular weight excluding hydrogens is 276 g/mol. The summed E-state index contributed by atoms with van der Waals surface area (Å²) in [5.41, 5.74) is 8.61. The highest BCUT2D eigenvalue weighted by atomic mass is 16.5. The van der Waals surface area contributed by atoms with Crippen LogP contribution < -0.4 is 15.4 Å². The van der Waals surface area contributed by atoms with E-state index in [1.807, 2.05) is 60.4 Å². The van der Waals surface area contributed by atoms with Crippen LogP contribution in [0, 0.1) is 0 Å². The Morgan fingerprint density at radius 2 is 2.05 bits per heavy atom. The van der Waals surface area contributed by atoms with Crippen LogP contribution in [0.4, 0.5) is 5.69 Å². The second-order valence-corrected chi connectivity index (χ2v) is 5.38. The van der Waals surface area contributed by atoms with E-state index in [1.165, 1.54) is 0 Å². The van der Waals surface area contributed by atoms with Crippen molar-refractivity contribution in [3.8, 4) is 5.75 Å². The van der Waals surface area contributed by atoms with E-state index in [4.69, 9.17) is 10.5 Å². The number of anilines is 1. The van der Waals surface area contributed by atoms with E-state index >= 15 is 0 Å². The molecular formula is C18H20N2O2. The fourth-order valence-electron chi connectivity index (χ4n) is 2.73. The molecule has 114 valence electrons. The number of nitrogens with two attached hydrogens (primary N) is 1. The van der Waals surface area contributed by atoms with Gasteiger partial charge in [0.15, 0.2) is 0 Å². The van der Waals surface area contributed by atoms with Crippen LogP contribution in [-0.4, -0.2) is 12.5 Å². The van der Waals surface area contributed by atoms with Gasteiger partial charge in [-0.3, -0.25) is 4.79 Å². The van der Waals surface area contributed by atoms with Gasteiger partial charge >= 0.3 is 0 Å². The Labute approximate surface area is 130 Å². The number of fused-ring (bicyclic) bond motifs is 1. The molecule has 4 nitrogen and oxygen atoms in total. The Morgan fingerprint density at radius 3 is 2.73 bits per heavy atom. The van der Waals surface area contributed by atoms with Gasteiger partial charge in [-0.15, -0.1) is 0 Å². The molecule has 0 saturated carbocycles. The van der Waals surface area contributed by atoms with Crippen molar-refractivity contribution in [2.45, 2.75) is 26.0 Å². The highest BCUT2D eigenvalue weighted by Crippen LogP contribution is 2.39. The summed E-state index contributed by atoms with van der Waals surface area (Å²) >= 11 is 0. The largest absolute Gasteiger partial charge is 0.482 e. The molecule has 0 aromatic heterocycles. The SMILES string of the molecule is CCC(=O)N1CC(c2ccccc2)Oc2cc(CN)ccc21. The summed E-state index contributed by atoms with van der Waals surface area (Å²) in [6, 6.07) is 15.8. The summed E-state index contributed by atoms with van der Waals surface area (Å²) in [5, 5.41) is 0. The lowest BCUT2D eigenvalue weighted by atomic mass is 10.0. The maximum absolute atomic E-state index is 12.3. The van der Waals surface area contributed by atoms with Crippen LogP contribution in [0.25, 0.3) is 0 Å². The van der Waals surface area contributed by atoms with Crippen LogP contribution in [0.3, 0.4) is 0 Å². The Balaban J connectivity index is 2.01. The van der Waals surface area contributed by atoms with Crippen molar-refractivity contribution in [1.29, 1.82) is 0 Å². The van der Waals surface area contributed by atoms with Crippen molar-refractivity contribution in [3.63, 3.8) is 0 Å². The molecule has 2 aromatic carbocycles. The van der Waals surface area contributed by atoms with Gasteiger partial charge < -0.3 is 15.4 Å². The number of nitrogens with zero attached hydrogens (tertiary/aromatic N) is 1. The standard InChI is InChI=1S/C18H20N2O2/c1-2-18(21)20-12-17(14-6-4-3-5-7-14)22-16-10-13(11-19)8-9-15(16)20/h3-10,17H,2,11-12,19H2,1H3. The van der Waals surface area contributed by atoms with E-state index < -0.39 is 0 Å². The average Bonchev–Trinajstić information content (AvgIpc) is 2.60. The second-order valence-electron chi connectivity index (χ2n) is 5.38. The monoisotopic (exact) mass is 296 g/mol. The zero-order valence-electron chi connectivity index (χ0n) is 12.7. The molecule has 1 unspecified atom stereocenters. The predicted octanol–water partition coefficient (Wildman–Crippen LogP) is 3.02. The summed E-state index contributed by atoms with van der Waals surface area (Å²) in [5.74, 6) is 0.829. The molecule has 1 amide bonds. The minimum atomic E-state index is -0.155. The van der Waals surface area contributed by atoms with E-state index in [1.54, 1.807) is 0 Å². The maximum Gasteiger partial charge on any atom is 0.226 e. The molecule has 1 aliphatic rings. The van der Waals surface area contributed by atoms with Crippen LogP contribution >= 0.6 is 0 Å². The van der Waals surface area contributed by atoms with E-state index in [9.17, 15) is 4.79 Å². The van der Waals surface area contributed by atoms with Crippen molar-refractivity contribution < 1.29 is 9.53 Å². The molecule has 2 N–H and O–H groups in total. The highest BCUT2D eigenvalue weighted by Gasteiger charge is 2.30. The van der Waals surface area contributed by atoms with Gasteiger partial charge in [0, 0.05) is 13.0 Å². The molecule has 1 aliphatic heterocycles. The molecule has 0 saturated heterocycles. The predicted molar refractivity (Wildman–Crippen MR) is 86.8 cm³/mol. The number of carbonyl (C=O) groups excluding carboxylic acids is 1. The normalized spacial score (nSPS) is 16.8. The van der Waals surface area contributed by atoms with Crippen LogP contribution in [0.5, 0.6) is 5.75 Å². The van der Waals surface area contributed by atoms with Crippen molar-refractivity contribution in [2.24, 2.45) is 5.73 Å². The molecule has 0 aliphatic carbocycles. The smallest absolute Gasteiger partial charge is 0.226 e. The minimum Gasteiger partial charge on any atom is -0.482 e. The first kappa shape index (κ1) is 14.6. The number of hydrogen-bond donors (Lipinski definition) is 1. The third-order valence-electron chi connectivity index (χ3n) is 3.94. The maximum atomic E-state index is 12.3. The summed E-state index contributed by atoms with van der Waals surface area (Å²) in [7, 11) is 0. The Morgan fingerprint density at radius 1 is 1.27 bits per heavy atom. The van der Waals surface area contributed by atoms with E-state index in [0.717, 1.165) is 22.6 Å². The zero-order valence-corrected chi connectivity index (χ0v) is 12.7. The molecule has 4 heteroatoms. The third kappa shape index (κ3) is 2.70. The van der Waals surface area contributed by atoms with Crippen LogP contribution in [0.2, 0.25) is 0 Å². The molecule has 0 radical (unpaired) electrons. The quantitative estimate of drug-likeness (QED) is 0.947. The van der Waals surface area contributed by atoms with E-state index in [0.29, 0.717) is 19.5 Å². The first-order chi connectivity index (χ1) is 10.7. The molecule has 3 rings (SSSR count).